The molecule has 1 aromatic rings. The maximum Gasteiger partial charge on any atom is 0.401 e. The molecule has 0 fully saturated rings. The zero-order valence-electron chi connectivity index (χ0n) is 10.4. The second-order valence-corrected chi connectivity index (χ2v) is 4.95. The molecule has 3 nitrogen and oxygen atoms in total. The molecule has 0 aliphatic rings. The fourth-order valence-corrected chi connectivity index (χ4v) is 1.90. The van der Waals surface area contributed by atoms with Gasteiger partial charge in [-0.15, -0.1) is 11.3 Å². The molecule has 0 bridgehead atoms. The second-order valence-electron chi connectivity index (χ2n) is 4.01. The van der Waals surface area contributed by atoms with Gasteiger partial charge in [-0.05, 0) is 0 Å². The zero-order valence-corrected chi connectivity index (χ0v) is 11.2. The van der Waals surface area contributed by atoms with Crippen LogP contribution in [0.2, 0.25) is 0 Å². The van der Waals surface area contributed by atoms with Crippen LogP contribution >= 0.6 is 11.3 Å². The molecule has 21 heavy (non-hydrogen) atoms. The Bertz CT molecular complexity index is 435. The first-order valence-electron chi connectivity index (χ1n) is 5.54. The van der Waals surface area contributed by atoms with Crippen molar-refractivity contribution >= 4 is 11.3 Å². The highest BCUT2D eigenvalue weighted by atomic mass is 32.1. The molecule has 1 rings (SSSR count). The molecular weight excluding hydrogens is 329 g/mol. The van der Waals surface area contributed by atoms with Crippen molar-refractivity contribution in [2.45, 2.75) is 31.7 Å². The molecular formula is C10H11F7N2OS. The minimum absolute atomic E-state index is 0.150. The lowest BCUT2D eigenvalue weighted by molar-refractivity contribution is -0.168. The van der Waals surface area contributed by atoms with E-state index in [1.165, 1.54) is 5.38 Å². The van der Waals surface area contributed by atoms with Gasteiger partial charge >= 0.3 is 18.5 Å². The number of hydrogen-bond acceptors (Lipinski definition) is 4. The van der Waals surface area contributed by atoms with Gasteiger partial charge in [0.1, 0.15) is 11.6 Å². The third kappa shape index (κ3) is 7.05. The van der Waals surface area contributed by atoms with Gasteiger partial charge in [0.2, 0.25) is 0 Å². The number of ether oxygens (including phenoxy) is 1. The monoisotopic (exact) mass is 340 g/mol. The first-order chi connectivity index (χ1) is 9.60. The van der Waals surface area contributed by atoms with Crippen LogP contribution in [0, 0.1) is 0 Å². The summed E-state index contributed by atoms with van der Waals surface area (Å²) in [5, 5.41) is 3.75. The average Bonchev–Trinajstić information content (AvgIpc) is 2.75. The van der Waals surface area contributed by atoms with Crippen LogP contribution < -0.4 is 5.32 Å². The minimum Gasteiger partial charge on any atom is -0.368 e. The summed E-state index contributed by atoms with van der Waals surface area (Å²) >= 11 is 0.977. The fraction of sp³-hybridized carbons (Fsp3) is 0.700. The molecule has 11 heteroatoms. The molecule has 0 amide bonds. The quantitative estimate of drug-likeness (QED) is 0.738. The van der Waals surface area contributed by atoms with Gasteiger partial charge in [0.25, 0.3) is 0 Å². The maximum atomic E-state index is 12.5. The van der Waals surface area contributed by atoms with Crippen LogP contribution in [0.4, 0.5) is 30.7 Å². The predicted octanol–water partition coefficient (Wildman–Crippen LogP) is 3.21. The Labute approximate surface area is 119 Å². The van der Waals surface area contributed by atoms with Crippen LogP contribution in [-0.4, -0.2) is 36.7 Å². The number of nitrogens with one attached hydrogen (secondary N) is 1. The van der Waals surface area contributed by atoms with E-state index < -0.39 is 38.3 Å². The van der Waals surface area contributed by atoms with E-state index in [9.17, 15) is 30.7 Å². The third-order valence-corrected chi connectivity index (χ3v) is 2.94. The lowest BCUT2D eigenvalue weighted by atomic mass is 10.4. The topological polar surface area (TPSA) is 34.1 Å². The van der Waals surface area contributed by atoms with Crippen molar-refractivity contribution in [1.82, 2.24) is 10.3 Å². The van der Waals surface area contributed by atoms with Crippen LogP contribution in [0.1, 0.15) is 10.7 Å². The average molecular weight is 340 g/mol. The van der Waals surface area contributed by atoms with E-state index in [0.717, 1.165) is 11.3 Å². The first kappa shape index (κ1) is 18.1. The van der Waals surface area contributed by atoms with Gasteiger partial charge in [0.05, 0.1) is 18.8 Å². The van der Waals surface area contributed by atoms with E-state index in [0.29, 0.717) is 0 Å². The molecule has 122 valence electrons. The number of rotatable bonds is 8. The number of halogens is 7. The molecule has 0 spiro atoms. The Hall–Kier alpha value is -0.940. The van der Waals surface area contributed by atoms with Crippen LogP contribution in [0.25, 0.3) is 0 Å². The summed E-state index contributed by atoms with van der Waals surface area (Å²) < 4.78 is 88.8. The Morgan fingerprint density at radius 3 is 2.48 bits per heavy atom. The standard InChI is InChI=1S/C10H11F7N2OS/c11-8(12)9(13,14)5-20-2-7-19-6(3-21-7)1-18-4-10(15,16)17/h3,8,18H,1-2,4-5H2. The Morgan fingerprint density at radius 1 is 1.24 bits per heavy atom. The number of alkyl halides is 7. The van der Waals surface area contributed by atoms with Gasteiger partial charge < -0.3 is 10.1 Å². The summed E-state index contributed by atoms with van der Waals surface area (Å²) in [5.41, 5.74) is 0.281. The molecule has 1 aromatic heterocycles. The van der Waals surface area contributed by atoms with Gasteiger partial charge in [-0.2, -0.15) is 22.0 Å². The first-order valence-corrected chi connectivity index (χ1v) is 6.42. The molecule has 0 aliphatic carbocycles. The summed E-state index contributed by atoms with van der Waals surface area (Å²) in [4.78, 5) is 3.83. The van der Waals surface area contributed by atoms with Crippen molar-refractivity contribution in [1.29, 1.82) is 0 Å². The molecule has 0 aromatic carbocycles. The molecule has 0 atom stereocenters. The Balaban J connectivity index is 2.32. The minimum atomic E-state index is -4.34. The smallest absolute Gasteiger partial charge is 0.368 e. The SMILES string of the molecule is FC(F)C(F)(F)COCc1nc(CNCC(F)(F)F)cs1. The van der Waals surface area contributed by atoms with Gasteiger partial charge in [-0.25, -0.2) is 13.8 Å². The van der Waals surface area contributed by atoms with Gasteiger partial charge in [0, 0.05) is 11.9 Å². The highest BCUT2D eigenvalue weighted by molar-refractivity contribution is 7.09. The second kappa shape index (κ2) is 7.36. The summed E-state index contributed by atoms with van der Waals surface area (Å²) in [7, 11) is 0. The Morgan fingerprint density at radius 2 is 1.90 bits per heavy atom. The number of nitrogens with zero attached hydrogens (tertiary/aromatic N) is 1. The van der Waals surface area contributed by atoms with Crippen molar-refractivity contribution in [3.63, 3.8) is 0 Å². The van der Waals surface area contributed by atoms with E-state index in [2.05, 4.69) is 15.0 Å². The number of aromatic nitrogens is 1. The zero-order chi connectivity index (χ0) is 16.1. The van der Waals surface area contributed by atoms with Crippen LogP contribution in [-0.2, 0) is 17.9 Å². The summed E-state index contributed by atoms with van der Waals surface area (Å²) in [6.07, 6.45) is -8.17. The molecule has 0 saturated heterocycles. The largest absolute Gasteiger partial charge is 0.401 e. The van der Waals surface area contributed by atoms with E-state index in [-0.39, 0.29) is 17.2 Å². The summed E-state index contributed by atoms with van der Waals surface area (Å²) in [5.74, 6) is -4.24. The maximum absolute atomic E-state index is 12.5. The highest BCUT2D eigenvalue weighted by Crippen LogP contribution is 2.23. The van der Waals surface area contributed by atoms with E-state index in [4.69, 9.17) is 0 Å². The van der Waals surface area contributed by atoms with E-state index in [1.54, 1.807) is 0 Å². The summed E-state index contributed by atoms with van der Waals surface area (Å²) in [6, 6.07) is 0. The predicted molar refractivity (Wildman–Crippen MR) is 60.5 cm³/mol. The summed E-state index contributed by atoms with van der Waals surface area (Å²) in [6.45, 7) is -3.20. The van der Waals surface area contributed by atoms with Crippen LogP contribution in [0.3, 0.4) is 0 Å². The number of thiazole rings is 1. The van der Waals surface area contributed by atoms with E-state index >= 15 is 0 Å². The molecule has 0 aliphatic heterocycles. The van der Waals surface area contributed by atoms with Gasteiger partial charge in [-0.3, -0.25) is 0 Å². The van der Waals surface area contributed by atoms with Gasteiger partial charge in [-0.1, -0.05) is 0 Å². The van der Waals surface area contributed by atoms with Crippen molar-refractivity contribution < 1.29 is 35.5 Å². The van der Waals surface area contributed by atoms with Gasteiger partial charge in [0.15, 0.2) is 0 Å². The lowest BCUT2D eigenvalue weighted by Gasteiger charge is -2.14. The normalized spacial score (nSPS) is 13.1. The highest BCUT2D eigenvalue weighted by Gasteiger charge is 2.41. The van der Waals surface area contributed by atoms with Crippen molar-refractivity contribution in [3.8, 4) is 0 Å². The van der Waals surface area contributed by atoms with Crippen molar-refractivity contribution in [2.24, 2.45) is 0 Å². The molecule has 0 radical (unpaired) electrons. The lowest BCUT2D eigenvalue weighted by Crippen LogP contribution is -2.32. The van der Waals surface area contributed by atoms with E-state index in [1.807, 2.05) is 0 Å². The van der Waals surface area contributed by atoms with Crippen LogP contribution in [0.15, 0.2) is 5.38 Å². The molecule has 1 heterocycles. The van der Waals surface area contributed by atoms with Crippen LogP contribution in [0.5, 0.6) is 0 Å². The number of hydrogen-bond donors (Lipinski definition) is 1. The molecule has 1 N–H and O–H groups in total. The van der Waals surface area contributed by atoms with Crippen molar-refractivity contribution in [2.75, 3.05) is 13.2 Å². The molecule has 0 saturated carbocycles. The third-order valence-electron chi connectivity index (χ3n) is 2.07. The van der Waals surface area contributed by atoms with Crippen molar-refractivity contribution in [3.05, 3.63) is 16.1 Å². The fourth-order valence-electron chi connectivity index (χ4n) is 1.17. The Kier molecular flexibility index (Phi) is 6.35. The molecule has 0 unspecified atom stereocenters.